The number of rotatable bonds is 5. The van der Waals surface area contributed by atoms with E-state index < -0.39 is 10.5 Å². The highest BCUT2D eigenvalue weighted by molar-refractivity contribution is 7.11. The minimum absolute atomic E-state index is 0.117. The van der Waals surface area contributed by atoms with Crippen molar-refractivity contribution in [1.29, 1.82) is 5.26 Å². The Morgan fingerprint density at radius 2 is 2.16 bits per heavy atom. The molecular formula is C22H13ClN4O4S. The first-order valence-electron chi connectivity index (χ1n) is 9.18. The molecule has 2 aromatic heterocycles. The molecule has 0 fully saturated rings. The van der Waals surface area contributed by atoms with Gasteiger partial charge in [0.2, 0.25) is 0 Å². The molecule has 0 atom stereocenters. The van der Waals surface area contributed by atoms with Gasteiger partial charge < -0.3 is 9.73 Å². The van der Waals surface area contributed by atoms with Crippen molar-refractivity contribution < 1.29 is 9.34 Å². The Morgan fingerprint density at radius 3 is 2.91 bits per heavy atom. The van der Waals surface area contributed by atoms with Crippen LogP contribution in [0.1, 0.15) is 10.6 Å². The number of nitriles is 1. The summed E-state index contributed by atoms with van der Waals surface area (Å²) in [5, 5.41) is 26.7. The summed E-state index contributed by atoms with van der Waals surface area (Å²) in [4.78, 5) is 27.3. The van der Waals surface area contributed by atoms with Gasteiger partial charge in [-0.25, -0.2) is 9.78 Å². The molecule has 0 aliphatic carbocycles. The fraction of sp³-hybridized carbons (Fsp3) is 0.0455. The Hall–Kier alpha value is -4.00. The van der Waals surface area contributed by atoms with Crippen LogP contribution in [-0.4, -0.2) is 9.91 Å². The maximum atomic E-state index is 12.4. The van der Waals surface area contributed by atoms with E-state index in [1.165, 1.54) is 41.8 Å². The van der Waals surface area contributed by atoms with Gasteiger partial charge in [-0.1, -0.05) is 17.7 Å². The number of hydrogen-bond donors (Lipinski definition) is 1. The van der Waals surface area contributed by atoms with E-state index in [2.05, 4.69) is 16.4 Å². The molecule has 0 bridgehead atoms. The van der Waals surface area contributed by atoms with Crippen LogP contribution in [0.2, 0.25) is 5.02 Å². The first kappa shape index (κ1) is 21.2. The molecule has 0 aliphatic rings. The van der Waals surface area contributed by atoms with Gasteiger partial charge >= 0.3 is 5.63 Å². The first-order chi connectivity index (χ1) is 15.4. The van der Waals surface area contributed by atoms with Gasteiger partial charge in [-0.05, 0) is 36.8 Å². The van der Waals surface area contributed by atoms with Crippen LogP contribution >= 0.6 is 22.9 Å². The molecule has 8 nitrogen and oxygen atoms in total. The number of aromatic nitrogens is 1. The molecule has 10 heteroatoms. The Balaban J connectivity index is 1.69. The first-order valence-corrected chi connectivity index (χ1v) is 10.4. The second-order valence-electron chi connectivity index (χ2n) is 6.69. The van der Waals surface area contributed by atoms with Crippen LogP contribution in [0.3, 0.4) is 0 Å². The van der Waals surface area contributed by atoms with Crippen LogP contribution in [0.5, 0.6) is 0 Å². The molecule has 0 radical (unpaired) electrons. The Kier molecular flexibility index (Phi) is 5.73. The van der Waals surface area contributed by atoms with E-state index in [0.717, 1.165) is 11.3 Å². The number of non-ortho nitro benzene ring substituents is 1. The second-order valence-corrected chi connectivity index (χ2v) is 7.96. The van der Waals surface area contributed by atoms with E-state index in [0.29, 0.717) is 21.1 Å². The highest BCUT2D eigenvalue weighted by Gasteiger charge is 2.15. The number of hydrogen-bond acceptors (Lipinski definition) is 8. The molecule has 0 unspecified atom stereocenters. The molecule has 2 heterocycles. The monoisotopic (exact) mass is 464 g/mol. The largest absolute Gasteiger partial charge is 0.422 e. The van der Waals surface area contributed by atoms with Gasteiger partial charge in [0.05, 0.1) is 16.2 Å². The zero-order valence-electron chi connectivity index (χ0n) is 16.5. The summed E-state index contributed by atoms with van der Waals surface area (Å²) >= 11 is 7.31. The number of nitrogens with one attached hydrogen (secondary N) is 1. The molecule has 158 valence electrons. The topological polar surface area (TPSA) is 122 Å². The standard InChI is InChI=1S/C22H13ClN4O4S/c1-12-17(23)3-2-4-18(12)25-10-14(9-24)21-26-19(11-32-21)16-8-13-7-15(27(29)30)5-6-20(13)31-22(16)28/h2-8,10-11,25H,1H3/b14-10-. The van der Waals surface area contributed by atoms with Crippen LogP contribution < -0.4 is 10.9 Å². The van der Waals surface area contributed by atoms with Crippen molar-refractivity contribution in [3.63, 3.8) is 0 Å². The predicted octanol–water partition coefficient (Wildman–Crippen LogP) is 5.76. The minimum atomic E-state index is -0.627. The SMILES string of the molecule is Cc1c(Cl)cccc1N/C=C(/C#N)c1nc(-c2cc3cc([N+](=O)[O-])ccc3oc2=O)cs1. The van der Waals surface area contributed by atoms with Crippen molar-refractivity contribution in [3.05, 3.63) is 90.2 Å². The lowest BCUT2D eigenvalue weighted by Crippen LogP contribution is -2.03. The summed E-state index contributed by atoms with van der Waals surface area (Å²) < 4.78 is 5.29. The number of allylic oxidation sites excluding steroid dienone is 1. The van der Waals surface area contributed by atoms with Crippen LogP contribution in [0.4, 0.5) is 11.4 Å². The molecule has 2 aromatic carbocycles. The highest BCUT2D eigenvalue weighted by Crippen LogP contribution is 2.28. The van der Waals surface area contributed by atoms with Crippen molar-refractivity contribution in [2.24, 2.45) is 0 Å². The smallest absolute Gasteiger partial charge is 0.345 e. The Labute approximate surface area is 190 Å². The van der Waals surface area contributed by atoms with Gasteiger partial charge in [0.1, 0.15) is 22.2 Å². The number of benzene rings is 2. The zero-order valence-corrected chi connectivity index (χ0v) is 18.0. The third-order valence-corrected chi connectivity index (χ3v) is 5.98. The summed E-state index contributed by atoms with van der Waals surface area (Å²) in [5.41, 5.74) is 1.81. The third kappa shape index (κ3) is 4.09. The summed E-state index contributed by atoms with van der Waals surface area (Å²) in [7, 11) is 0. The van der Waals surface area contributed by atoms with Crippen LogP contribution in [-0.2, 0) is 0 Å². The maximum Gasteiger partial charge on any atom is 0.345 e. The molecule has 1 N–H and O–H groups in total. The number of nitro groups is 1. The number of anilines is 1. The van der Waals surface area contributed by atoms with Crippen LogP contribution in [0.25, 0.3) is 27.8 Å². The number of thiazole rings is 1. The summed E-state index contributed by atoms with van der Waals surface area (Å²) in [6, 6.07) is 13.0. The average Bonchev–Trinajstić information content (AvgIpc) is 3.26. The molecule has 4 aromatic rings. The summed E-state index contributed by atoms with van der Waals surface area (Å²) in [6.07, 6.45) is 1.52. The fourth-order valence-corrected chi connectivity index (χ4v) is 3.94. The average molecular weight is 465 g/mol. The normalized spacial score (nSPS) is 11.3. The van der Waals surface area contributed by atoms with Gasteiger partial charge in [0.25, 0.3) is 5.69 Å². The van der Waals surface area contributed by atoms with Gasteiger partial charge in [0, 0.05) is 39.8 Å². The second kappa shape index (κ2) is 8.63. The number of nitrogens with zero attached hydrogens (tertiary/aromatic N) is 3. The highest BCUT2D eigenvalue weighted by atomic mass is 35.5. The lowest BCUT2D eigenvalue weighted by molar-refractivity contribution is -0.384. The number of nitro benzene ring substituents is 1. The molecule has 0 saturated heterocycles. The lowest BCUT2D eigenvalue weighted by atomic mass is 10.1. The van der Waals surface area contributed by atoms with E-state index in [4.69, 9.17) is 16.0 Å². The zero-order chi connectivity index (χ0) is 22.8. The molecular weight excluding hydrogens is 452 g/mol. The number of fused-ring (bicyclic) bond motifs is 1. The maximum absolute atomic E-state index is 12.4. The van der Waals surface area contributed by atoms with Gasteiger partial charge in [-0.3, -0.25) is 10.1 Å². The van der Waals surface area contributed by atoms with Gasteiger partial charge in [-0.15, -0.1) is 11.3 Å². The molecule has 0 saturated carbocycles. The van der Waals surface area contributed by atoms with Crippen molar-refractivity contribution in [2.75, 3.05) is 5.32 Å². The molecule has 4 rings (SSSR count). The van der Waals surface area contributed by atoms with E-state index in [1.807, 2.05) is 13.0 Å². The van der Waals surface area contributed by atoms with E-state index in [9.17, 15) is 20.2 Å². The third-order valence-electron chi connectivity index (χ3n) is 4.70. The van der Waals surface area contributed by atoms with E-state index in [-0.39, 0.29) is 22.4 Å². The van der Waals surface area contributed by atoms with Crippen molar-refractivity contribution in [3.8, 4) is 17.3 Å². The Morgan fingerprint density at radius 1 is 1.34 bits per heavy atom. The quantitative estimate of drug-likeness (QED) is 0.172. The van der Waals surface area contributed by atoms with E-state index in [1.54, 1.807) is 17.5 Å². The summed E-state index contributed by atoms with van der Waals surface area (Å²) in [5.74, 6) is 0. The minimum Gasteiger partial charge on any atom is -0.422 e. The molecule has 0 aliphatic heterocycles. The molecule has 32 heavy (non-hydrogen) atoms. The van der Waals surface area contributed by atoms with Gasteiger partial charge in [0.15, 0.2) is 0 Å². The van der Waals surface area contributed by atoms with Crippen LogP contribution in [0, 0.1) is 28.4 Å². The predicted molar refractivity (Wildman–Crippen MR) is 124 cm³/mol. The molecule has 0 spiro atoms. The van der Waals surface area contributed by atoms with Crippen molar-refractivity contribution in [2.45, 2.75) is 6.92 Å². The van der Waals surface area contributed by atoms with Crippen LogP contribution in [0.15, 0.2) is 63.3 Å². The number of halogens is 1. The fourth-order valence-electron chi connectivity index (χ4n) is 2.98. The summed E-state index contributed by atoms with van der Waals surface area (Å²) in [6.45, 7) is 1.86. The van der Waals surface area contributed by atoms with Crippen molar-refractivity contribution in [1.82, 2.24) is 4.98 Å². The molecule has 0 amide bonds. The van der Waals surface area contributed by atoms with Gasteiger partial charge in [-0.2, -0.15) is 5.26 Å². The van der Waals surface area contributed by atoms with Crippen molar-refractivity contribution >= 4 is 50.9 Å². The Bertz CT molecular complexity index is 1500. The van der Waals surface area contributed by atoms with E-state index >= 15 is 0 Å². The lowest BCUT2D eigenvalue weighted by Gasteiger charge is -2.07.